The van der Waals surface area contributed by atoms with Crippen molar-refractivity contribution in [1.29, 1.82) is 0 Å². The first-order chi connectivity index (χ1) is 10.4. The van der Waals surface area contributed by atoms with Gasteiger partial charge < -0.3 is 14.4 Å². The number of nitrogens with one attached hydrogen (secondary N) is 1. The molecule has 0 fully saturated rings. The Bertz CT molecular complexity index is 628. The second-order valence-electron chi connectivity index (χ2n) is 6.16. The van der Waals surface area contributed by atoms with Crippen molar-refractivity contribution < 1.29 is 14.6 Å². The molecule has 1 heterocycles. The van der Waals surface area contributed by atoms with E-state index < -0.39 is 6.09 Å². The van der Waals surface area contributed by atoms with Gasteiger partial charge in [-0.25, -0.2) is 4.79 Å². The summed E-state index contributed by atoms with van der Waals surface area (Å²) in [4.78, 5) is 11.8. The average Bonchev–Trinajstić information content (AvgIpc) is 2.93. The van der Waals surface area contributed by atoms with E-state index in [1.54, 1.807) is 12.1 Å². The number of hydrogen-bond acceptors (Lipinski definition) is 3. The summed E-state index contributed by atoms with van der Waals surface area (Å²) in [5.74, 6) is 0.0235. The third-order valence-corrected chi connectivity index (χ3v) is 3.35. The second kappa shape index (κ2) is 6.56. The Labute approximate surface area is 130 Å². The van der Waals surface area contributed by atoms with E-state index in [-0.39, 0.29) is 17.8 Å². The number of carbonyl (C=O) groups is 1. The first kappa shape index (κ1) is 15.9. The number of phenols is 1. The number of benzene rings is 1. The van der Waals surface area contributed by atoms with E-state index in [2.05, 4.69) is 26.1 Å². The summed E-state index contributed by atoms with van der Waals surface area (Å²) in [5.41, 5.74) is 1.31. The van der Waals surface area contributed by atoms with Crippen molar-refractivity contribution in [2.75, 3.05) is 11.9 Å². The van der Waals surface area contributed by atoms with Gasteiger partial charge in [0.05, 0.1) is 12.2 Å². The summed E-state index contributed by atoms with van der Waals surface area (Å²) in [6.45, 7) is 7.06. The third-order valence-electron chi connectivity index (χ3n) is 3.35. The number of ether oxygens (including phenoxy) is 1. The van der Waals surface area contributed by atoms with Gasteiger partial charge in [-0.15, -0.1) is 0 Å². The predicted molar refractivity (Wildman–Crippen MR) is 86.2 cm³/mol. The van der Waals surface area contributed by atoms with Crippen LogP contribution >= 0.6 is 0 Å². The molecule has 0 unspecified atom stereocenters. The molecule has 0 saturated heterocycles. The van der Waals surface area contributed by atoms with E-state index >= 15 is 0 Å². The van der Waals surface area contributed by atoms with Crippen LogP contribution in [-0.4, -0.2) is 22.4 Å². The summed E-state index contributed by atoms with van der Waals surface area (Å²) < 4.78 is 7.04. The van der Waals surface area contributed by atoms with Crippen LogP contribution in [-0.2, 0) is 16.7 Å². The maximum absolute atomic E-state index is 11.8. The van der Waals surface area contributed by atoms with E-state index in [4.69, 9.17) is 4.74 Å². The smallest absolute Gasteiger partial charge is 0.411 e. The van der Waals surface area contributed by atoms with E-state index in [0.717, 1.165) is 5.56 Å². The number of nitrogens with zero attached hydrogens (tertiary/aromatic N) is 1. The Morgan fingerprint density at radius 2 is 1.95 bits per heavy atom. The normalized spacial score (nSPS) is 11.2. The zero-order chi connectivity index (χ0) is 16.2. The summed E-state index contributed by atoms with van der Waals surface area (Å²) in [7, 11) is 0. The van der Waals surface area contributed by atoms with Gasteiger partial charge in [0.2, 0.25) is 0 Å². The standard InChI is InChI=1S/C17H22N2O3/c1-17(2,3)13-6-7-15(20)14(12-13)18-16(21)22-11-10-19-8-4-5-9-19/h4-9,12,20H,10-11H2,1-3H3,(H,18,21). The zero-order valence-electron chi connectivity index (χ0n) is 13.2. The van der Waals surface area contributed by atoms with Crippen LogP contribution in [0.5, 0.6) is 5.75 Å². The van der Waals surface area contributed by atoms with Gasteiger partial charge in [0.25, 0.3) is 0 Å². The molecule has 2 aromatic rings. The van der Waals surface area contributed by atoms with Crippen molar-refractivity contribution in [3.63, 3.8) is 0 Å². The van der Waals surface area contributed by atoms with Gasteiger partial charge in [-0.1, -0.05) is 26.8 Å². The van der Waals surface area contributed by atoms with Crippen molar-refractivity contribution in [1.82, 2.24) is 4.57 Å². The van der Waals surface area contributed by atoms with Crippen LogP contribution in [0.25, 0.3) is 0 Å². The number of carbonyl (C=O) groups excluding carboxylic acids is 1. The van der Waals surface area contributed by atoms with E-state index in [9.17, 15) is 9.90 Å². The van der Waals surface area contributed by atoms with Gasteiger partial charge in [0.1, 0.15) is 12.4 Å². The number of hydrogen-bond donors (Lipinski definition) is 2. The highest BCUT2D eigenvalue weighted by molar-refractivity contribution is 5.86. The Morgan fingerprint density at radius 1 is 1.27 bits per heavy atom. The van der Waals surface area contributed by atoms with Gasteiger partial charge in [0.15, 0.2) is 0 Å². The Kier molecular flexibility index (Phi) is 4.75. The minimum Gasteiger partial charge on any atom is -0.506 e. The number of anilines is 1. The molecule has 0 atom stereocenters. The largest absolute Gasteiger partial charge is 0.506 e. The fourth-order valence-corrected chi connectivity index (χ4v) is 2.01. The van der Waals surface area contributed by atoms with Crippen LogP contribution in [0.4, 0.5) is 10.5 Å². The zero-order valence-corrected chi connectivity index (χ0v) is 13.2. The molecule has 0 radical (unpaired) electrons. The van der Waals surface area contributed by atoms with Crippen LogP contribution in [0.1, 0.15) is 26.3 Å². The molecule has 2 rings (SSSR count). The molecule has 2 N–H and O–H groups in total. The lowest BCUT2D eigenvalue weighted by molar-refractivity contribution is 0.157. The molecule has 1 amide bonds. The maximum atomic E-state index is 11.8. The topological polar surface area (TPSA) is 63.5 Å². The fourth-order valence-electron chi connectivity index (χ4n) is 2.01. The minimum atomic E-state index is -0.575. The molecule has 5 heteroatoms. The maximum Gasteiger partial charge on any atom is 0.411 e. The Balaban J connectivity index is 1.93. The molecule has 0 aliphatic rings. The fraction of sp³-hybridized carbons (Fsp3) is 0.353. The molecule has 22 heavy (non-hydrogen) atoms. The van der Waals surface area contributed by atoms with Crippen LogP contribution < -0.4 is 5.32 Å². The highest BCUT2D eigenvalue weighted by Gasteiger charge is 2.16. The highest BCUT2D eigenvalue weighted by atomic mass is 16.5. The number of aromatic nitrogens is 1. The van der Waals surface area contributed by atoms with Crippen molar-refractivity contribution in [3.05, 3.63) is 48.3 Å². The van der Waals surface area contributed by atoms with Crippen molar-refractivity contribution in [2.24, 2.45) is 0 Å². The van der Waals surface area contributed by atoms with Gasteiger partial charge in [-0.05, 0) is 35.2 Å². The lowest BCUT2D eigenvalue weighted by Gasteiger charge is -2.20. The second-order valence-corrected chi connectivity index (χ2v) is 6.16. The summed E-state index contributed by atoms with van der Waals surface area (Å²) in [6.07, 6.45) is 3.23. The van der Waals surface area contributed by atoms with Crippen LogP contribution in [0.3, 0.4) is 0 Å². The van der Waals surface area contributed by atoms with Crippen LogP contribution in [0, 0.1) is 0 Å². The molecule has 0 saturated carbocycles. The van der Waals surface area contributed by atoms with Crippen molar-refractivity contribution in [2.45, 2.75) is 32.7 Å². The Hall–Kier alpha value is -2.43. The summed E-state index contributed by atoms with van der Waals surface area (Å²) in [5, 5.41) is 12.4. The molecule has 0 aliphatic carbocycles. The number of rotatable bonds is 4. The molecular weight excluding hydrogens is 280 g/mol. The molecule has 0 spiro atoms. The Morgan fingerprint density at radius 3 is 2.59 bits per heavy atom. The SMILES string of the molecule is CC(C)(C)c1ccc(O)c(NC(=O)OCCn2cccc2)c1. The average molecular weight is 302 g/mol. The number of aromatic hydroxyl groups is 1. The van der Waals surface area contributed by atoms with Gasteiger partial charge in [0, 0.05) is 12.4 Å². The molecule has 0 aliphatic heterocycles. The van der Waals surface area contributed by atoms with E-state index in [0.29, 0.717) is 12.2 Å². The van der Waals surface area contributed by atoms with Gasteiger partial charge in [-0.2, -0.15) is 0 Å². The van der Waals surface area contributed by atoms with Crippen LogP contribution in [0.2, 0.25) is 0 Å². The molecule has 0 bridgehead atoms. The van der Waals surface area contributed by atoms with Gasteiger partial charge >= 0.3 is 6.09 Å². The predicted octanol–water partition coefficient (Wildman–Crippen LogP) is 3.74. The molecule has 1 aromatic heterocycles. The van der Waals surface area contributed by atoms with E-state index in [1.807, 2.05) is 35.2 Å². The first-order valence-corrected chi connectivity index (χ1v) is 7.24. The minimum absolute atomic E-state index is 0.0235. The quantitative estimate of drug-likeness (QED) is 0.846. The molecular formula is C17H22N2O3. The summed E-state index contributed by atoms with van der Waals surface area (Å²) in [6, 6.07) is 9.02. The summed E-state index contributed by atoms with van der Waals surface area (Å²) >= 11 is 0. The lowest BCUT2D eigenvalue weighted by atomic mass is 9.87. The molecule has 118 valence electrons. The van der Waals surface area contributed by atoms with Crippen molar-refractivity contribution in [3.8, 4) is 5.75 Å². The third kappa shape index (κ3) is 4.28. The number of phenolic OH excluding ortho intramolecular Hbond substituents is 1. The monoisotopic (exact) mass is 302 g/mol. The van der Waals surface area contributed by atoms with Crippen LogP contribution in [0.15, 0.2) is 42.7 Å². The van der Waals surface area contributed by atoms with Crippen molar-refractivity contribution >= 4 is 11.8 Å². The van der Waals surface area contributed by atoms with Gasteiger partial charge in [-0.3, -0.25) is 5.32 Å². The lowest BCUT2D eigenvalue weighted by Crippen LogP contribution is -2.17. The highest BCUT2D eigenvalue weighted by Crippen LogP contribution is 2.30. The first-order valence-electron chi connectivity index (χ1n) is 7.24. The number of amides is 1. The molecule has 5 nitrogen and oxygen atoms in total. The molecule has 1 aromatic carbocycles. The van der Waals surface area contributed by atoms with E-state index in [1.165, 1.54) is 0 Å².